The topological polar surface area (TPSA) is 29.5 Å². The van der Waals surface area contributed by atoms with Crippen LogP contribution in [-0.4, -0.2) is 11.2 Å². The van der Waals surface area contributed by atoms with Crippen molar-refractivity contribution in [3.8, 4) is 11.5 Å². The third kappa shape index (κ3) is 2.94. The lowest BCUT2D eigenvalue weighted by Gasteiger charge is -2.10. The molecule has 0 bridgehead atoms. The van der Waals surface area contributed by atoms with Crippen molar-refractivity contribution >= 4 is 0 Å². The zero-order valence-corrected chi connectivity index (χ0v) is 12.1. The minimum Gasteiger partial charge on any atom is -0.508 e. The molecule has 1 atom stereocenters. The quantitative estimate of drug-likeness (QED) is 0.837. The van der Waals surface area contributed by atoms with Gasteiger partial charge in [-0.15, -0.1) is 6.58 Å². The van der Waals surface area contributed by atoms with Gasteiger partial charge in [0.05, 0.1) is 0 Å². The molecular formula is C19H20O2. The molecule has 0 radical (unpaired) electrons. The molecule has 0 saturated carbocycles. The Hall–Kier alpha value is -2.22. The van der Waals surface area contributed by atoms with Gasteiger partial charge in [0.25, 0.3) is 0 Å². The van der Waals surface area contributed by atoms with Gasteiger partial charge in [-0.05, 0) is 37.0 Å². The third-order valence-corrected chi connectivity index (χ3v) is 4.04. The first-order valence-electron chi connectivity index (χ1n) is 7.43. The maximum atomic E-state index is 10.00. The number of allylic oxidation sites excluding steroid dienone is 1. The molecule has 1 aliphatic rings. The van der Waals surface area contributed by atoms with Crippen LogP contribution in [0.1, 0.15) is 23.1 Å². The molecule has 1 N–H and O–H groups in total. The second-order valence-corrected chi connectivity index (χ2v) is 5.50. The Labute approximate surface area is 125 Å². The number of aromatic hydroxyl groups is 1. The van der Waals surface area contributed by atoms with Gasteiger partial charge >= 0.3 is 0 Å². The van der Waals surface area contributed by atoms with Crippen LogP contribution in [0.4, 0.5) is 0 Å². The Morgan fingerprint density at radius 3 is 2.76 bits per heavy atom. The van der Waals surface area contributed by atoms with Crippen molar-refractivity contribution in [2.75, 3.05) is 0 Å². The van der Waals surface area contributed by atoms with Crippen LogP contribution in [0.15, 0.2) is 55.1 Å². The molecule has 3 rings (SSSR count). The number of rotatable bonds is 5. The average molecular weight is 280 g/mol. The molecule has 2 aromatic carbocycles. The fourth-order valence-electron chi connectivity index (χ4n) is 2.95. The third-order valence-electron chi connectivity index (χ3n) is 4.04. The molecule has 2 aromatic rings. The standard InChI is InChI=1S/C19H20O2/c1-2-6-16-17-13-15(21-19(17)12-11-18(16)20)10-9-14-7-4-3-5-8-14/h2-5,7-8,11-12,15,20H,1,6,9-10,13H2/t15-/m1/s1. The maximum Gasteiger partial charge on any atom is 0.123 e. The molecule has 0 amide bonds. The number of aryl methyl sites for hydroxylation is 1. The summed E-state index contributed by atoms with van der Waals surface area (Å²) in [5.41, 5.74) is 3.45. The molecule has 0 fully saturated rings. The van der Waals surface area contributed by atoms with Gasteiger partial charge in [-0.25, -0.2) is 0 Å². The Morgan fingerprint density at radius 1 is 1.19 bits per heavy atom. The van der Waals surface area contributed by atoms with Gasteiger partial charge in [0.15, 0.2) is 0 Å². The predicted octanol–water partition coefficient (Wildman–Crippen LogP) is 4.06. The van der Waals surface area contributed by atoms with Gasteiger partial charge in [-0.2, -0.15) is 0 Å². The van der Waals surface area contributed by atoms with Crippen LogP contribution in [0.3, 0.4) is 0 Å². The van der Waals surface area contributed by atoms with E-state index in [1.807, 2.05) is 18.2 Å². The van der Waals surface area contributed by atoms with Crippen molar-refractivity contribution in [1.29, 1.82) is 0 Å². The summed E-state index contributed by atoms with van der Waals surface area (Å²) in [4.78, 5) is 0. The monoisotopic (exact) mass is 280 g/mol. The van der Waals surface area contributed by atoms with E-state index < -0.39 is 0 Å². The van der Waals surface area contributed by atoms with E-state index in [2.05, 4.69) is 30.8 Å². The van der Waals surface area contributed by atoms with Gasteiger partial charge in [0.1, 0.15) is 17.6 Å². The fourth-order valence-corrected chi connectivity index (χ4v) is 2.95. The molecule has 0 saturated heterocycles. The SMILES string of the molecule is C=CCc1c(O)ccc2c1C[C@@H](CCc1ccccc1)O2. The van der Waals surface area contributed by atoms with Gasteiger partial charge < -0.3 is 9.84 Å². The van der Waals surface area contributed by atoms with E-state index in [0.29, 0.717) is 12.2 Å². The van der Waals surface area contributed by atoms with E-state index in [-0.39, 0.29) is 6.10 Å². The largest absolute Gasteiger partial charge is 0.508 e. The zero-order valence-electron chi connectivity index (χ0n) is 12.1. The molecule has 0 spiro atoms. The van der Waals surface area contributed by atoms with Crippen LogP contribution in [0.5, 0.6) is 11.5 Å². The van der Waals surface area contributed by atoms with E-state index in [1.54, 1.807) is 6.07 Å². The van der Waals surface area contributed by atoms with Crippen LogP contribution >= 0.6 is 0 Å². The first kappa shape index (κ1) is 13.7. The Bertz CT molecular complexity index is 632. The van der Waals surface area contributed by atoms with Crippen molar-refractivity contribution in [2.45, 2.75) is 31.8 Å². The van der Waals surface area contributed by atoms with E-state index in [1.165, 1.54) is 5.56 Å². The van der Waals surface area contributed by atoms with Gasteiger partial charge in [-0.1, -0.05) is 36.4 Å². The fraction of sp³-hybridized carbons (Fsp3) is 0.263. The van der Waals surface area contributed by atoms with Crippen LogP contribution in [-0.2, 0) is 19.3 Å². The van der Waals surface area contributed by atoms with E-state index in [4.69, 9.17) is 4.74 Å². The molecule has 2 nitrogen and oxygen atoms in total. The lowest BCUT2D eigenvalue weighted by molar-refractivity contribution is 0.222. The van der Waals surface area contributed by atoms with Crippen molar-refractivity contribution in [1.82, 2.24) is 0 Å². The van der Waals surface area contributed by atoms with E-state index >= 15 is 0 Å². The smallest absolute Gasteiger partial charge is 0.123 e. The minimum absolute atomic E-state index is 0.200. The van der Waals surface area contributed by atoms with Crippen LogP contribution in [0, 0.1) is 0 Å². The summed E-state index contributed by atoms with van der Waals surface area (Å²) in [5.74, 6) is 1.27. The highest BCUT2D eigenvalue weighted by atomic mass is 16.5. The summed E-state index contributed by atoms with van der Waals surface area (Å²) in [6.07, 6.45) is 5.59. The van der Waals surface area contributed by atoms with Crippen molar-refractivity contribution in [3.05, 3.63) is 71.8 Å². The number of phenols is 1. The van der Waals surface area contributed by atoms with Crippen LogP contribution in [0.25, 0.3) is 0 Å². The van der Waals surface area contributed by atoms with E-state index in [0.717, 1.165) is 36.1 Å². The van der Waals surface area contributed by atoms with Gasteiger partial charge in [-0.3, -0.25) is 0 Å². The number of hydrogen-bond acceptors (Lipinski definition) is 2. The van der Waals surface area contributed by atoms with Crippen LogP contribution < -0.4 is 4.74 Å². The summed E-state index contributed by atoms with van der Waals surface area (Å²) in [6, 6.07) is 14.1. The average Bonchev–Trinajstić information content (AvgIpc) is 2.93. The highest BCUT2D eigenvalue weighted by Crippen LogP contribution is 2.37. The summed E-state index contributed by atoms with van der Waals surface area (Å²) in [6.45, 7) is 3.77. The molecule has 1 heterocycles. The number of hydrogen-bond donors (Lipinski definition) is 1. The minimum atomic E-state index is 0.200. The zero-order chi connectivity index (χ0) is 14.7. The number of fused-ring (bicyclic) bond motifs is 1. The maximum absolute atomic E-state index is 10.00. The first-order chi connectivity index (χ1) is 10.3. The number of benzene rings is 2. The first-order valence-corrected chi connectivity index (χ1v) is 7.43. The number of ether oxygens (including phenoxy) is 1. The van der Waals surface area contributed by atoms with Crippen molar-refractivity contribution in [3.63, 3.8) is 0 Å². The Morgan fingerprint density at radius 2 is 2.00 bits per heavy atom. The molecule has 0 aromatic heterocycles. The summed E-state index contributed by atoms with van der Waals surface area (Å²) in [7, 11) is 0. The van der Waals surface area contributed by atoms with E-state index in [9.17, 15) is 5.11 Å². The highest BCUT2D eigenvalue weighted by Gasteiger charge is 2.26. The molecule has 21 heavy (non-hydrogen) atoms. The highest BCUT2D eigenvalue weighted by molar-refractivity contribution is 5.51. The molecule has 0 unspecified atom stereocenters. The summed E-state index contributed by atoms with van der Waals surface area (Å²) in [5, 5.41) is 10.00. The summed E-state index contributed by atoms with van der Waals surface area (Å²) < 4.78 is 6.03. The van der Waals surface area contributed by atoms with Gasteiger partial charge in [0.2, 0.25) is 0 Å². The van der Waals surface area contributed by atoms with Crippen molar-refractivity contribution in [2.24, 2.45) is 0 Å². The Kier molecular flexibility index (Phi) is 3.96. The molecule has 2 heteroatoms. The lowest BCUT2D eigenvalue weighted by Crippen LogP contribution is -2.13. The Balaban J connectivity index is 1.70. The molecule has 0 aliphatic carbocycles. The van der Waals surface area contributed by atoms with Crippen molar-refractivity contribution < 1.29 is 9.84 Å². The normalized spacial score (nSPS) is 16.3. The second kappa shape index (κ2) is 6.04. The molecule has 108 valence electrons. The van der Waals surface area contributed by atoms with Gasteiger partial charge in [0, 0.05) is 17.5 Å². The summed E-state index contributed by atoms with van der Waals surface area (Å²) >= 11 is 0. The predicted molar refractivity (Wildman–Crippen MR) is 84.9 cm³/mol. The number of phenolic OH excluding ortho intramolecular Hbond substituents is 1. The molecular weight excluding hydrogens is 260 g/mol. The molecule has 1 aliphatic heterocycles. The second-order valence-electron chi connectivity index (χ2n) is 5.50. The van der Waals surface area contributed by atoms with Crippen LogP contribution in [0.2, 0.25) is 0 Å². The lowest BCUT2D eigenvalue weighted by atomic mass is 9.97.